The first-order valence-corrected chi connectivity index (χ1v) is 5.89. The van der Waals surface area contributed by atoms with Crippen molar-refractivity contribution in [2.75, 3.05) is 7.11 Å². The molecule has 4 heteroatoms. The molecule has 90 valence electrons. The molecule has 0 amide bonds. The van der Waals surface area contributed by atoms with Crippen LogP contribution in [-0.2, 0) is 4.79 Å². The number of ether oxygens (including phenoxy) is 1. The molecule has 1 unspecified atom stereocenters. The zero-order valence-corrected chi connectivity index (χ0v) is 10.3. The van der Waals surface area contributed by atoms with Crippen LogP contribution in [0.4, 0.5) is 0 Å². The van der Waals surface area contributed by atoms with Crippen LogP contribution in [0, 0.1) is 5.92 Å². The van der Waals surface area contributed by atoms with Crippen LogP contribution in [0.5, 0.6) is 5.75 Å². The molecular formula is C13H13ClO3. The molecule has 1 aromatic carbocycles. The molecule has 1 saturated carbocycles. The Morgan fingerprint density at radius 1 is 1.47 bits per heavy atom. The Balaban J connectivity index is 2.33. The number of rotatable bonds is 3. The molecule has 3 nitrogen and oxygen atoms in total. The van der Waals surface area contributed by atoms with E-state index in [0.29, 0.717) is 35.6 Å². The lowest BCUT2D eigenvalue weighted by Gasteiger charge is -2.12. The summed E-state index contributed by atoms with van der Waals surface area (Å²) in [5.74, 6) is 0.297. The summed E-state index contributed by atoms with van der Waals surface area (Å²) in [5.41, 5.74) is 0.399. The fraction of sp³-hybridized carbons (Fsp3) is 0.385. The molecule has 0 aliphatic heterocycles. The molecule has 1 fully saturated rings. The topological polar surface area (TPSA) is 43.4 Å². The van der Waals surface area contributed by atoms with Crippen LogP contribution < -0.4 is 4.74 Å². The third-order valence-electron chi connectivity index (χ3n) is 3.06. The first kappa shape index (κ1) is 12.1. The quantitative estimate of drug-likeness (QED) is 0.777. The fourth-order valence-corrected chi connectivity index (χ4v) is 2.41. The second kappa shape index (κ2) is 4.88. The number of carbonyl (C=O) groups is 2. The summed E-state index contributed by atoms with van der Waals surface area (Å²) in [4.78, 5) is 23.5. The number of Topliss-reactive ketones (excluding diaryl/α,β-unsaturated/α-hetero) is 2. The van der Waals surface area contributed by atoms with Gasteiger partial charge in [0.2, 0.25) is 0 Å². The summed E-state index contributed by atoms with van der Waals surface area (Å²) >= 11 is 6.03. The highest BCUT2D eigenvalue weighted by atomic mass is 35.5. The van der Waals surface area contributed by atoms with Crippen LogP contribution in [0.25, 0.3) is 0 Å². The average Bonchev–Trinajstić information content (AvgIpc) is 2.74. The minimum atomic E-state index is -0.240. The van der Waals surface area contributed by atoms with Crippen molar-refractivity contribution in [3.63, 3.8) is 0 Å². The summed E-state index contributed by atoms with van der Waals surface area (Å²) in [6, 6.07) is 5.10. The molecule has 1 aliphatic carbocycles. The second-order valence-corrected chi connectivity index (χ2v) is 4.57. The number of methoxy groups -OCH3 is 1. The van der Waals surface area contributed by atoms with Crippen LogP contribution in [0.1, 0.15) is 29.6 Å². The summed E-state index contributed by atoms with van der Waals surface area (Å²) in [5, 5.41) is 0.383. The number of benzene rings is 1. The van der Waals surface area contributed by atoms with E-state index < -0.39 is 0 Å². The van der Waals surface area contributed by atoms with E-state index in [-0.39, 0.29) is 17.5 Å². The molecule has 0 heterocycles. The van der Waals surface area contributed by atoms with Crippen molar-refractivity contribution in [1.82, 2.24) is 0 Å². The molecule has 1 aromatic rings. The van der Waals surface area contributed by atoms with Crippen molar-refractivity contribution in [3.8, 4) is 5.75 Å². The lowest BCUT2D eigenvalue weighted by atomic mass is 9.95. The van der Waals surface area contributed by atoms with Gasteiger partial charge in [-0.05, 0) is 18.6 Å². The van der Waals surface area contributed by atoms with Crippen molar-refractivity contribution in [2.45, 2.75) is 19.3 Å². The maximum absolute atomic E-state index is 12.3. The van der Waals surface area contributed by atoms with Gasteiger partial charge in [-0.15, -0.1) is 0 Å². The molecule has 0 aromatic heterocycles. The zero-order valence-electron chi connectivity index (χ0n) is 9.53. The number of hydrogen-bond acceptors (Lipinski definition) is 3. The summed E-state index contributed by atoms with van der Waals surface area (Å²) in [6.07, 6.45) is 1.43. The van der Waals surface area contributed by atoms with E-state index in [1.165, 1.54) is 7.11 Å². The number of carbonyl (C=O) groups excluding carboxylic acids is 2. The van der Waals surface area contributed by atoms with E-state index in [9.17, 15) is 9.59 Å². The summed E-state index contributed by atoms with van der Waals surface area (Å²) in [7, 11) is 1.50. The second-order valence-electron chi connectivity index (χ2n) is 4.16. The van der Waals surface area contributed by atoms with Crippen molar-refractivity contribution >= 4 is 23.2 Å². The highest BCUT2D eigenvalue weighted by molar-refractivity contribution is 6.34. The lowest BCUT2D eigenvalue weighted by molar-refractivity contribution is -0.117. The van der Waals surface area contributed by atoms with Gasteiger partial charge in [0.25, 0.3) is 0 Å². The molecular weight excluding hydrogens is 240 g/mol. The fourth-order valence-electron chi connectivity index (χ4n) is 2.16. The summed E-state index contributed by atoms with van der Waals surface area (Å²) < 4.78 is 5.14. The van der Waals surface area contributed by atoms with Gasteiger partial charge < -0.3 is 4.74 Å². The molecule has 1 aliphatic rings. The highest BCUT2D eigenvalue weighted by Gasteiger charge is 2.31. The number of hydrogen-bond donors (Lipinski definition) is 0. The third kappa shape index (κ3) is 2.34. The number of ketones is 2. The van der Waals surface area contributed by atoms with Crippen molar-refractivity contribution in [1.29, 1.82) is 0 Å². The lowest BCUT2D eigenvalue weighted by Crippen LogP contribution is -2.13. The molecule has 0 saturated heterocycles. The average molecular weight is 253 g/mol. The molecule has 0 spiro atoms. The Bertz CT molecular complexity index is 468. The Labute approximate surface area is 105 Å². The van der Waals surface area contributed by atoms with E-state index in [1.54, 1.807) is 18.2 Å². The Kier molecular flexibility index (Phi) is 3.48. The van der Waals surface area contributed by atoms with Gasteiger partial charge in [-0.25, -0.2) is 0 Å². The summed E-state index contributed by atoms with van der Waals surface area (Å²) in [6.45, 7) is 0. The molecule has 2 rings (SSSR count). The Morgan fingerprint density at radius 3 is 2.82 bits per heavy atom. The van der Waals surface area contributed by atoms with E-state index in [1.807, 2.05) is 0 Å². The van der Waals surface area contributed by atoms with Crippen LogP contribution in [0.3, 0.4) is 0 Å². The van der Waals surface area contributed by atoms with Gasteiger partial charge in [0, 0.05) is 18.8 Å². The molecule has 0 N–H and O–H groups in total. The Hall–Kier alpha value is -1.35. The van der Waals surface area contributed by atoms with E-state index in [2.05, 4.69) is 0 Å². The van der Waals surface area contributed by atoms with E-state index in [0.717, 1.165) is 0 Å². The van der Waals surface area contributed by atoms with Crippen LogP contribution >= 0.6 is 11.6 Å². The first-order chi connectivity index (χ1) is 8.13. The van der Waals surface area contributed by atoms with Gasteiger partial charge in [0.1, 0.15) is 11.5 Å². The van der Waals surface area contributed by atoms with Gasteiger partial charge in [-0.1, -0.05) is 17.7 Å². The van der Waals surface area contributed by atoms with Gasteiger partial charge in [-0.3, -0.25) is 9.59 Å². The standard InChI is InChI=1S/C13H13ClO3/c1-17-11-4-2-3-10(14)12(11)13(16)8-5-6-9(15)7-8/h2-4,8H,5-7H2,1H3. The molecule has 0 bridgehead atoms. The molecule has 0 radical (unpaired) electrons. The highest BCUT2D eigenvalue weighted by Crippen LogP contribution is 2.33. The number of halogens is 1. The third-order valence-corrected chi connectivity index (χ3v) is 3.37. The largest absolute Gasteiger partial charge is 0.496 e. The van der Waals surface area contributed by atoms with Gasteiger partial charge >= 0.3 is 0 Å². The van der Waals surface area contributed by atoms with Crippen LogP contribution in [-0.4, -0.2) is 18.7 Å². The van der Waals surface area contributed by atoms with Gasteiger partial charge in [0.05, 0.1) is 17.7 Å². The van der Waals surface area contributed by atoms with Crippen molar-refractivity contribution < 1.29 is 14.3 Å². The van der Waals surface area contributed by atoms with E-state index >= 15 is 0 Å². The SMILES string of the molecule is COc1cccc(Cl)c1C(=O)C1CCC(=O)C1. The monoisotopic (exact) mass is 252 g/mol. The normalized spacial score (nSPS) is 19.4. The van der Waals surface area contributed by atoms with Gasteiger partial charge in [-0.2, -0.15) is 0 Å². The van der Waals surface area contributed by atoms with Crippen LogP contribution in [0.2, 0.25) is 5.02 Å². The van der Waals surface area contributed by atoms with Gasteiger partial charge in [0.15, 0.2) is 5.78 Å². The predicted octanol–water partition coefficient (Wildman–Crippen LogP) is 2.90. The van der Waals surface area contributed by atoms with Crippen molar-refractivity contribution in [2.24, 2.45) is 5.92 Å². The maximum atomic E-state index is 12.3. The van der Waals surface area contributed by atoms with Crippen LogP contribution in [0.15, 0.2) is 18.2 Å². The van der Waals surface area contributed by atoms with Crippen molar-refractivity contribution in [3.05, 3.63) is 28.8 Å². The van der Waals surface area contributed by atoms with E-state index in [4.69, 9.17) is 16.3 Å². The minimum Gasteiger partial charge on any atom is -0.496 e. The predicted molar refractivity (Wildman–Crippen MR) is 64.7 cm³/mol. The Morgan fingerprint density at radius 2 is 2.24 bits per heavy atom. The zero-order chi connectivity index (χ0) is 12.4. The maximum Gasteiger partial charge on any atom is 0.171 e. The smallest absolute Gasteiger partial charge is 0.171 e. The molecule has 17 heavy (non-hydrogen) atoms. The minimum absolute atomic E-state index is 0.0849. The molecule has 1 atom stereocenters. The first-order valence-electron chi connectivity index (χ1n) is 5.52.